The van der Waals surface area contributed by atoms with Gasteiger partial charge in [-0.15, -0.1) is 0 Å². The van der Waals surface area contributed by atoms with Crippen molar-refractivity contribution in [3.63, 3.8) is 0 Å². The summed E-state index contributed by atoms with van der Waals surface area (Å²) in [5, 5.41) is 5.75. The highest BCUT2D eigenvalue weighted by Gasteiger charge is 2.23. The van der Waals surface area contributed by atoms with Gasteiger partial charge in [-0.3, -0.25) is 14.4 Å². The maximum atomic E-state index is 13.4. The number of benzene rings is 3. The molecular weight excluding hydrogens is 516 g/mol. The third kappa shape index (κ3) is 9.38. The molecule has 4 rings (SSSR count). The molecule has 8 nitrogen and oxygen atoms in total. The molecule has 3 aromatic rings. The average molecular weight is 556 g/mol. The molecule has 1 saturated heterocycles. The predicted molar refractivity (Wildman–Crippen MR) is 161 cm³/mol. The topological polar surface area (TPSA) is 114 Å². The van der Waals surface area contributed by atoms with Crippen molar-refractivity contribution >= 4 is 29.1 Å². The molecule has 41 heavy (non-hydrogen) atoms. The zero-order chi connectivity index (χ0) is 29.0. The second-order valence-corrected chi connectivity index (χ2v) is 10.5. The van der Waals surface area contributed by atoms with Crippen molar-refractivity contribution in [2.45, 2.75) is 51.7 Å². The third-order valence-corrected chi connectivity index (χ3v) is 7.24. The van der Waals surface area contributed by atoms with Gasteiger partial charge in [0.1, 0.15) is 18.4 Å². The molecule has 8 heteroatoms. The zero-order valence-corrected chi connectivity index (χ0v) is 23.6. The normalized spacial score (nSPS) is 14.5. The number of piperidine rings is 1. The van der Waals surface area contributed by atoms with Gasteiger partial charge in [0.25, 0.3) is 0 Å². The number of ether oxygens (including phenoxy) is 1. The first-order valence-electron chi connectivity index (χ1n) is 14.2. The number of hydrogen-bond acceptors (Lipinski definition) is 5. The minimum absolute atomic E-state index is 0.195. The van der Waals surface area contributed by atoms with Crippen LogP contribution in [0.15, 0.2) is 78.9 Å². The molecule has 0 spiro atoms. The number of hydrogen-bond donors (Lipinski definition) is 3. The molecular formula is C33H39N4O4. The Labute approximate surface area is 242 Å². The van der Waals surface area contributed by atoms with Gasteiger partial charge in [-0.05, 0) is 73.2 Å². The first kappa shape index (κ1) is 29.6. The molecule has 4 N–H and O–H groups in total. The van der Waals surface area contributed by atoms with E-state index in [1.807, 2.05) is 78.9 Å². The van der Waals surface area contributed by atoms with Gasteiger partial charge in [0.2, 0.25) is 17.7 Å². The van der Waals surface area contributed by atoms with Crippen LogP contribution >= 0.6 is 0 Å². The Bertz CT molecular complexity index is 1270. The van der Waals surface area contributed by atoms with Crippen molar-refractivity contribution in [2.24, 2.45) is 11.7 Å². The Morgan fingerprint density at radius 2 is 1.59 bits per heavy atom. The summed E-state index contributed by atoms with van der Waals surface area (Å²) in [5.41, 5.74) is 9.05. The van der Waals surface area contributed by atoms with Crippen LogP contribution in [0.1, 0.15) is 43.7 Å². The van der Waals surface area contributed by atoms with Crippen LogP contribution < -0.4 is 26.0 Å². The third-order valence-electron chi connectivity index (χ3n) is 7.24. The SMILES string of the molecule is CC(C[CH]C(=O)NC(Cc1ccc(OCc2ccccc2)cc1)C(=O)Nc1ccc(N2CCCCC2)cc1)C(N)=O. The van der Waals surface area contributed by atoms with Gasteiger partial charge in [-0.2, -0.15) is 0 Å². The van der Waals surface area contributed by atoms with E-state index in [0.29, 0.717) is 18.0 Å². The lowest BCUT2D eigenvalue weighted by Crippen LogP contribution is -2.45. The number of carbonyl (C=O) groups excluding carboxylic acids is 3. The van der Waals surface area contributed by atoms with E-state index in [0.717, 1.165) is 29.9 Å². The molecule has 0 aromatic heterocycles. The van der Waals surface area contributed by atoms with E-state index in [1.165, 1.54) is 25.7 Å². The lowest BCUT2D eigenvalue weighted by Gasteiger charge is -2.29. The summed E-state index contributed by atoms with van der Waals surface area (Å²) in [6.07, 6.45) is 5.48. The van der Waals surface area contributed by atoms with Crippen LogP contribution in [-0.4, -0.2) is 36.9 Å². The van der Waals surface area contributed by atoms with Crippen LogP contribution in [0.3, 0.4) is 0 Å². The maximum absolute atomic E-state index is 13.4. The smallest absolute Gasteiger partial charge is 0.247 e. The number of amides is 3. The Hall–Kier alpha value is -4.33. The van der Waals surface area contributed by atoms with Crippen molar-refractivity contribution in [2.75, 3.05) is 23.3 Å². The standard InChI is InChI=1S/C33H39N4O4/c1-24(32(34)39)10-19-31(38)36-30(22-25-11-17-29(18-12-25)41-23-26-8-4-2-5-9-26)33(40)35-27-13-15-28(16-14-27)37-20-6-3-7-21-37/h2,4-5,8-9,11-19,24,30H,3,6-7,10,20-23H2,1H3,(H2,34,39)(H,35,40)(H,36,38). The van der Waals surface area contributed by atoms with E-state index in [4.69, 9.17) is 10.5 Å². The molecule has 3 aromatic carbocycles. The summed E-state index contributed by atoms with van der Waals surface area (Å²) >= 11 is 0. The highest BCUT2D eigenvalue weighted by Crippen LogP contribution is 2.22. The molecule has 1 aliphatic heterocycles. The number of anilines is 2. The van der Waals surface area contributed by atoms with E-state index in [-0.39, 0.29) is 18.7 Å². The second-order valence-electron chi connectivity index (χ2n) is 10.5. The van der Waals surface area contributed by atoms with Gasteiger partial charge in [0, 0.05) is 36.8 Å². The average Bonchev–Trinajstić information content (AvgIpc) is 3.00. The minimum atomic E-state index is -0.833. The fraction of sp³-hybridized carbons (Fsp3) is 0.333. The molecule has 2 unspecified atom stereocenters. The minimum Gasteiger partial charge on any atom is -0.489 e. The first-order chi connectivity index (χ1) is 19.9. The van der Waals surface area contributed by atoms with Crippen LogP contribution in [0, 0.1) is 12.3 Å². The molecule has 1 fully saturated rings. The van der Waals surface area contributed by atoms with Crippen LogP contribution in [0.25, 0.3) is 0 Å². The van der Waals surface area contributed by atoms with Crippen molar-refractivity contribution in [3.05, 3.63) is 96.4 Å². The predicted octanol–water partition coefficient (Wildman–Crippen LogP) is 4.64. The van der Waals surface area contributed by atoms with E-state index < -0.39 is 23.8 Å². The van der Waals surface area contributed by atoms with Crippen molar-refractivity contribution < 1.29 is 19.1 Å². The summed E-state index contributed by atoms with van der Waals surface area (Å²) in [5.74, 6) is -1.00. The number of carbonyl (C=O) groups is 3. The zero-order valence-electron chi connectivity index (χ0n) is 23.6. The van der Waals surface area contributed by atoms with Crippen molar-refractivity contribution in [1.29, 1.82) is 0 Å². The van der Waals surface area contributed by atoms with Crippen molar-refractivity contribution in [3.8, 4) is 5.75 Å². The Kier molecular flexibility index (Phi) is 10.8. The molecule has 3 amide bonds. The second kappa shape index (κ2) is 14.9. The molecule has 0 saturated carbocycles. The Morgan fingerprint density at radius 1 is 0.902 bits per heavy atom. The molecule has 215 valence electrons. The van der Waals surface area contributed by atoms with Gasteiger partial charge in [-0.25, -0.2) is 0 Å². The number of nitrogens with one attached hydrogen (secondary N) is 2. The molecule has 0 aliphatic carbocycles. The largest absolute Gasteiger partial charge is 0.489 e. The highest BCUT2D eigenvalue weighted by molar-refractivity contribution is 5.98. The Balaban J connectivity index is 1.39. The fourth-order valence-corrected chi connectivity index (χ4v) is 4.68. The van der Waals surface area contributed by atoms with Gasteiger partial charge in [-0.1, -0.05) is 49.4 Å². The van der Waals surface area contributed by atoms with E-state index in [1.54, 1.807) is 6.92 Å². The number of nitrogens with two attached hydrogens (primary N) is 1. The van der Waals surface area contributed by atoms with E-state index >= 15 is 0 Å². The molecule has 1 radical (unpaired) electrons. The maximum Gasteiger partial charge on any atom is 0.247 e. The molecule has 2 atom stereocenters. The molecule has 1 aliphatic rings. The Morgan fingerprint density at radius 3 is 2.24 bits per heavy atom. The summed E-state index contributed by atoms with van der Waals surface area (Å²) < 4.78 is 5.87. The van der Waals surface area contributed by atoms with E-state index in [2.05, 4.69) is 15.5 Å². The quantitative estimate of drug-likeness (QED) is 0.284. The van der Waals surface area contributed by atoms with Crippen LogP contribution in [0.5, 0.6) is 5.75 Å². The number of nitrogens with zero attached hydrogens (tertiary/aromatic N) is 1. The van der Waals surface area contributed by atoms with E-state index in [9.17, 15) is 14.4 Å². The van der Waals surface area contributed by atoms with Gasteiger partial charge >= 0.3 is 0 Å². The van der Waals surface area contributed by atoms with Crippen LogP contribution in [-0.2, 0) is 27.4 Å². The van der Waals surface area contributed by atoms with Crippen molar-refractivity contribution in [1.82, 2.24) is 5.32 Å². The highest BCUT2D eigenvalue weighted by atomic mass is 16.5. The number of rotatable bonds is 13. The van der Waals surface area contributed by atoms with Gasteiger partial charge in [0.15, 0.2) is 0 Å². The monoisotopic (exact) mass is 555 g/mol. The van der Waals surface area contributed by atoms with Gasteiger partial charge in [0.05, 0.1) is 6.42 Å². The summed E-state index contributed by atoms with van der Waals surface area (Å²) in [6.45, 7) is 4.20. The van der Waals surface area contributed by atoms with Crippen LogP contribution in [0.4, 0.5) is 11.4 Å². The summed E-state index contributed by atoms with van der Waals surface area (Å²) in [7, 11) is 0. The molecule has 0 bridgehead atoms. The lowest BCUT2D eigenvalue weighted by atomic mass is 10.0. The summed E-state index contributed by atoms with van der Waals surface area (Å²) in [6, 6.07) is 24.4. The fourth-order valence-electron chi connectivity index (χ4n) is 4.68. The lowest BCUT2D eigenvalue weighted by molar-refractivity contribution is -0.125. The molecule has 1 heterocycles. The number of primary amides is 1. The van der Waals surface area contributed by atoms with Crippen LogP contribution in [0.2, 0.25) is 0 Å². The van der Waals surface area contributed by atoms with Gasteiger partial charge < -0.3 is 26.0 Å². The summed E-state index contributed by atoms with van der Waals surface area (Å²) in [4.78, 5) is 39.8. The first-order valence-corrected chi connectivity index (χ1v) is 14.2.